The van der Waals surface area contributed by atoms with Gasteiger partial charge < -0.3 is 10.3 Å². The largest absolute Gasteiger partial charge is 0.369 e. The van der Waals surface area contributed by atoms with Crippen molar-refractivity contribution in [3.8, 4) is 0 Å². The minimum Gasteiger partial charge on any atom is -0.369 e. The predicted molar refractivity (Wildman–Crippen MR) is 68.1 cm³/mol. The molecule has 0 saturated heterocycles. The number of imidazole rings is 1. The smallest absolute Gasteiger partial charge is 0.201 e. The zero-order chi connectivity index (χ0) is 13.3. The van der Waals surface area contributed by atoms with Crippen molar-refractivity contribution in [3.05, 3.63) is 23.8 Å². The molecule has 0 amide bonds. The Hall–Kier alpha value is -1.65. The van der Waals surface area contributed by atoms with E-state index in [1.54, 1.807) is 4.57 Å². The number of aromatic nitrogens is 2. The van der Waals surface area contributed by atoms with Crippen LogP contribution in [0.4, 0.5) is 14.7 Å². The van der Waals surface area contributed by atoms with Crippen LogP contribution >= 0.6 is 0 Å². The molecule has 2 aromatic rings. The van der Waals surface area contributed by atoms with Crippen molar-refractivity contribution in [2.45, 2.75) is 33.2 Å². The average molecular weight is 253 g/mol. The molecule has 0 unspecified atom stereocenters. The molecular formula is C13H17F2N3. The summed E-state index contributed by atoms with van der Waals surface area (Å²) in [6, 6.07) is 2.11. The Kier molecular flexibility index (Phi) is 3.50. The first-order valence-electron chi connectivity index (χ1n) is 6.17. The molecule has 0 radical (unpaired) electrons. The van der Waals surface area contributed by atoms with Gasteiger partial charge in [-0.3, -0.25) is 0 Å². The number of hydrogen-bond acceptors (Lipinski definition) is 2. The molecule has 18 heavy (non-hydrogen) atoms. The minimum atomic E-state index is -0.667. The van der Waals surface area contributed by atoms with Gasteiger partial charge in [-0.15, -0.1) is 0 Å². The summed E-state index contributed by atoms with van der Waals surface area (Å²) < 4.78 is 28.5. The Morgan fingerprint density at radius 1 is 1.28 bits per heavy atom. The average Bonchev–Trinajstić information content (AvgIpc) is 2.63. The van der Waals surface area contributed by atoms with Crippen LogP contribution in [0.25, 0.3) is 11.0 Å². The molecule has 0 atom stereocenters. The zero-order valence-electron chi connectivity index (χ0n) is 10.6. The van der Waals surface area contributed by atoms with Gasteiger partial charge in [0.1, 0.15) is 11.3 Å². The molecule has 1 aromatic carbocycles. The molecule has 2 N–H and O–H groups in total. The van der Waals surface area contributed by atoms with E-state index in [1.165, 1.54) is 6.07 Å². The molecule has 1 aromatic heterocycles. The van der Waals surface area contributed by atoms with Crippen LogP contribution in [0.1, 0.15) is 26.7 Å². The molecular weight excluding hydrogens is 236 g/mol. The summed E-state index contributed by atoms with van der Waals surface area (Å²) in [6.07, 6.45) is 1.99. The third kappa shape index (κ3) is 2.17. The summed E-state index contributed by atoms with van der Waals surface area (Å²) in [4.78, 5) is 3.97. The first-order chi connectivity index (χ1) is 8.56. The summed E-state index contributed by atoms with van der Waals surface area (Å²) in [6.45, 7) is 4.81. The lowest BCUT2D eigenvalue weighted by Gasteiger charge is -2.14. The Bertz CT molecular complexity index is 559. The van der Waals surface area contributed by atoms with E-state index in [4.69, 9.17) is 5.73 Å². The fourth-order valence-electron chi connectivity index (χ4n) is 2.16. The molecule has 5 heteroatoms. The van der Waals surface area contributed by atoms with Crippen LogP contribution in [0.3, 0.4) is 0 Å². The highest BCUT2D eigenvalue weighted by atomic mass is 19.1. The van der Waals surface area contributed by atoms with Gasteiger partial charge in [0.2, 0.25) is 5.95 Å². The lowest BCUT2D eigenvalue weighted by molar-refractivity contribution is 0.427. The summed E-state index contributed by atoms with van der Waals surface area (Å²) in [5, 5.41) is 0. The van der Waals surface area contributed by atoms with E-state index in [0.29, 0.717) is 18.0 Å². The van der Waals surface area contributed by atoms with E-state index in [-0.39, 0.29) is 11.5 Å². The van der Waals surface area contributed by atoms with Crippen LogP contribution in [-0.2, 0) is 6.54 Å². The van der Waals surface area contributed by atoms with Gasteiger partial charge in [0, 0.05) is 18.7 Å². The topological polar surface area (TPSA) is 43.8 Å². The first-order valence-corrected chi connectivity index (χ1v) is 6.17. The molecule has 1 heterocycles. The number of fused-ring (bicyclic) bond motifs is 1. The molecule has 0 aliphatic carbocycles. The number of hydrogen-bond donors (Lipinski definition) is 1. The monoisotopic (exact) mass is 253 g/mol. The van der Waals surface area contributed by atoms with Gasteiger partial charge >= 0.3 is 0 Å². The Labute approximate surface area is 105 Å². The fraction of sp³-hybridized carbons (Fsp3) is 0.462. The number of nitrogen functional groups attached to an aromatic ring is 1. The minimum absolute atomic E-state index is 0.139. The van der Waals surface area contributed by atoms with Gasteiger partial charge in [0.05, 0.1) is 5.52 Å². The van der Waals surface area contributed by atoms with Crippen molar-refractivity contribution in [2.75, 3.05) is 5.73 Å². The van der Waals surface area contributed by atoms with Crippen molar-refractivity contribution in [3.63, 3.8) is 0 Å². The molecule has 2 rings (SSSR count). The van der Waals surface area contributed by atoms with E-state index in [2.05, 4.69) is 18.8 Å². The highest BCUT2D eigenvalue weighted by molar-refractivity contribution is 5.79. The highest BCUT2D eigenvalue weighted by Crippen LogP contribution is 2.24. The van der Waals surface area contributed by atoms with Gasteiger partial charge in [-0.2, -0.15) is 0 Å². The quantitative estimate of drug-likeness (QED) is 0.908. The van der Waals surface area contributed by atoms with Crippen LogP contribution in [-0.4, -0.2) is 9.55 Å². The van der Waals surface area contributed by atoms with E-state index in [1.807, 2.05) is 0 Å². The second kappa shape index (κ2) is 4.92. The van der Waals surface area contributed by atoms with Gasteiger partial charge in [0.25, 0.3) is 0 Å². The Morgan fingerprint density at radius 2 is 1.94 bits per heavy atom. The molecule has 0 aliphatic rings. The Balaban J connectivity index is 2.52. The maximum Gasteiger partial charge on any atom is 0.201 e. The first kappa shape index (κ1) is 12.8. The molecule has 0 spiro atoms. The molecule has 98 valence electrons. The van der Waals surface area contributed by atoms with Gasteiger partial charge in [-0.25, -0.2) is 13.8 Å². The second-order valence-corrected chi connectivity index (χ2v) is 4.52. The third-order valence-electron chi connectivity index (χ3n) is 3.40. The normalized spacial score (nSPS) is 11.6. The molecule has 0 bridgehead atoms. The summed E-state index contributed by atoms with van der Waals surface area (Å²) in [5.74, 6) is -0.608. The SMILES string of the molecule is CCC(CC)Cn1c(N)nc2c(F)cc(F)cc21. The van der Waals surface area contributed by atoms with Gasteiger partial charge in [-0.05, 0) is 5.92 Å². The van der Waals surface area contributed by atoms with Gasteiger partial charge in [0.15, 0.2) is 5.82 Å². The number of nitrogens with zero attached hydrogens (tertiary/aromatic N) is 2. The number of halogens is 2. The van der Waals surface area contributed by atoms with Crippen molar-refractivity contribution in [1.29, 1.82) is 0 Å². The maximum atomic E-state index is 13.6. The van der Waals surface area contributed by atoms with Crippen LogP contribution < -0.4 is 5.73 Å². The maximum absolute atomic E-state index is 13.6. The van der Waals surface area contributed by atoms with E-state index in [0.717, 1.165) is 18.9 Å². The zero-order valence-corrected chi connectivity index (χ0v) is 10.6. The summed E-state index contributed by atoms with van der Waals surface area (Å²) >= 11 is 0. The third-order valence-corrected chi connectivity index (χ3v) is 3.40. The van der Waals surface area contributed by atoms with Crippen LogP contribution in [0.15, 0.2) is 12.1 Å². The number of anilines is 1. The lowest BCUT2D eigenvalue weighted by Crippen LogP contribution is -2.11. The van der Waals surface area contributed by atoms with Crippen molar-refractivity contribution >= 4 is 17.0 Å². The lowest BCUT2D eigenvalue weighted by atomic mass is 10.0. The molecule has 0 aliphatic heterocycles. The van der Waals surface area contributed by atoms with Crippen molar-refractivity contribution in [2.24, 2.45) is 5.92 Å². The van der Waals surface area contributed by atoms with E-state index in [9.17, 15) is 8.78 Å². The Morgan fingerprint density at radius 3 is 2.56 bits per heavy atom. The highest BCUT2D eigenvalue weighted by Gasteiger charge is 2.15. The standard InChI is InChI=1S/C13H17F2N3/c1-3-8(4-2)7-18-11-6-9(14)5-10(15)12(11)17-13(18)16/h5-6,8H,3-4,7H2,1-2H3,(H2,16,17). The van der Waals surface area contributed by atoms with Crippen LogP contribution in [0.5, 0.6) is 0 Å². The molecule has 0 fully saturated rings. The van der Waals surface area contributed by atoms with Crippen LogP contribution in [0.2, 0.25) is 0 Å². The van der Waals surface area contributed by atoms with Crippen molar-refractivity contribution in [1.82, 2.24) is 9.55 Å². The number of nitrogens with two attached hydrogens (primary N) is 1. The van der Waals surface area contributed by atoms with E-state index < -0.39 is 11.6 Å². The van der Waals surface area contributed by atoms with Gasteiger partial charge in [-0.1, -0.05) is 26.7 Å². The van der Waals surface area contributed by atoms with E-state index >= 15 is 0 Å². The summed E-state index contributed by atoms with van der Waals surface area (Å²) in [7, 11) is 0. The second-order valence-electron chi connectivity index (χ2n) is 4.52. The molecule has 0 saturated carbocycles. The number of rotatable bonds is 4. The fourth-order valence-corrected chi connectivity index (χ4v) is 2.16. The predicted octanol–water partition coefficient (Wildman–Crippen LogP) is 3.33. The van der Waals surface area contributed by atoms with Crippen molar-refractivity contribution < 1.29 is 8.78 Å². The van der Waals surface area contributed by atoms with Crippen LogP contribution in [0, 0.1) is 17.6 Å². The summed E-state index contributed by atoms with van der Waals surface area (Å²) in [5.41, 5.74) is 6.36. The molecule has 3 nitrogen and oxygen atoms in total. The number of benzene rings is 1.